The fourth-order valence-electron chi connectivity index (χ4n) is 3.21. The van der Waals surface area contributed by atoms with E-state index < -0.39 is 0 Å². The van der Waals surface area contributed by atoms with Crippen LogP contribution in [0.3, 0.4) is 0 Å². The Labute approximate surface area is 136 Å². The van der Waals surface area contributed by atoms with Gasteiger partial charge >= 0.3 is 0 Å². The van der Waals surface area contributed by atoms with Crippen molar-refractivity contribution in [2.75, 3.05) is 0 Å². The van der Waals surface area contributed by atoms with Crippen LogP contribution in [0.5, 0.6) is 0 Å². The van der Waals surface area contributed by atoms with E-state index in [-0.39, 0.29) is 0 Å². The molecule has 3 aromatic carbocycles. The molecule has 1 aliphatic rings. The predicted molar refractivity (Wildman–Crippen MR) is 96.8 cm³/mol. The number of hydrogen-bond donors (Lipinski definition) is 1. The fourth-order valence-corrected chi connectivity index (χ4v) is 3.21. The maximum absolute atomic E-state index is 3.12. The number of para-hydroxylation sites is 1. The molecule has 0 aliphatic heterocycles. The molecule has 0 fully saturated rings. The van der Waals surface area contributed by atoms with E-state index in [0.717, 1.165) is 12.8 Å². The minimum atomic E-state index is 1.10. The van der Waals surface area contributed by atoms with Crippen molar-refractivity contribution < 1.29 is 0 Å². The van der Waals surface area contributed by atoms with Crippen LogP contribution in [0.1, 0.15) is 22.3 Å². The molecule has 0 saturated heterocycles. The largest absolute Gasteiger partial charge is 0.361 e. The number of fused-ring (bicyclic) bond motifs is 3. The molecule has 1 aromatic heterocycles. The van der Waals surface area contributed by atoms with Crippen LogP contribution < -0.4 is 0 Å². The van der Waals surface area contributed by atoms with E-state index in [0.29, 0.717) is 0 Å². The summed E-state index contributed by atoms with van der Waals surface area (Å²) in [5.74, 6) is 0. The number of aromatic amines is 1. The average molecular weight is 297 g/mol. The Balaban J connectivity index is 0.000000130. The molecule has 1 nitrogen and oxygen atoms in total. The van der Waals surface area contributed by atoms with Gasteiger partial charge in [-0.15, -0.1) is 0 Å². The molecule has 0 spiro atoms. The molecular weight excluding hydrogens is 278 g/mol. The molecule has 1 heterocycles. The van der Waals surface area contributed by atoms with E-state index in [2.05, 4.69) is 71.7 Å². The second-order valence-electron chi connectivity index (χ2n) is 5.96. The smallest absolute Gasteiger partial charge is 0.0453 e. The highest BCUT2D eigenvalue weighted by Crippen LogP contribution is 2.26. The van der Waals surface area contributed by atoms with E-state index in [9.17, 15) is 0 Å². The summed E-state index contributed by atoms with van der Waals surface area (Å²) < 4.78 is 0. The van der Waals surface area contributed by atoms with Crippen LogP contribution in [-0.4, -0.2) is 4.98 Å². The van der Waals surface area contributed by atoms with Gasteiger partial charge in [0.15, 0.2) is 0 Å². The van der Waals surface area contributed by atoms with Gasteiger partial charge in [-0.05, 0) is 52.6 Å². The van der Waals surface area contributed by atoms with Gasteiger partial charge in [-0.3, -0.25) is 0 Å². The van der Waals surface area contributed by atoms with Gasteiger partial charge in [0.05, 0.1) is 0 Å². The summed E-state index contributed by atoms with van der Waals surface area (Å²) >= 11 is 0. The highest BCUT2D eigenvalue weighted by Gasteiger charge is 2.12. The summed E-state index contributed by atoms with van der Waals surface area (Å²) in [4.78, 5) is 3.12. The normalized spacial score (nSPS) is 12.0. The molecule has 23 heavy (non-hydrogen) atoms. The minimum absolute atomic E-state index is 1.10. The topological polar surface area (TPSA) is 15.8 Å². The van der Waals surface area contributed by atoms with Gasteiger partial charge in [-0.25, -0.2) is 0 Å². The number of aromatic nitrogens is 1. The van der Waals surface area contributed by atoms with Crippen molar-refractivity contribution in [3.05, 3.63) is 107 Å². The van der Waals surface area contributed by atoms with Gasteiger partial charge in [0.25, 0.3) is 0 Å². The Hall–Kier alpha value is -2.80. The summed E-state index contributed by atoms with van der Waals surface area (Å²) in [6.45, 7) is 0. The maximum atomic E-state index is 3.12. The van der Waals surface area contributed by atoms with Crippen LogP contribution >= 0.6 is 0 Å². The van der Waals surface area contributed by atoms with Crippen LogP contribution in [0, 0.1) is 0 Å². The molecule has 1 N–H and O–H groups in total. The van der Waals surface area contributed by atoms with Gasteiger partial charge < -0.3 is 4.98 Å². The third-order valence-electron chi connectivity index (χ3n) is 4.46. The Morgan fingerprint density at radius 1 is 0.522 bits per heavy atom. The molecule has 5 rings (SSSR count). The fraction of sp³-hybridized carbons (Fsp3) is 0.0909. The van der Waals surface area contributed by atoms with E-state index in [1.54, 1.807) is 0 Å². The molecule has 0 amide bonds. The van der Waals surface area contributed by atoms with Crippen molar-refractivity contribution in [2.24, 2.45) is 0 Å². The highest BCUT2D eigenvalue weighted by molar-refractivity contribution is 5.78. The molecule has 0 bridgehead atoms. The first-order valence-electron chi connectivity index (χ1n) is 8.06. The van der Waals surface area contributed by atoms with Gasteiger partial charge in [0, 0.05) is 11.7 Å². The van der Waals surface area contributed by atoms with Crippen LogP contribution in [0.2, 0.25) is 0 Å². The van der Waals surface area contributed by atoms with Crippen molar-refractivity contribution in [3.63, 3.8) is 0 Å². The van der Waals surface area contributed by atoms with E-state index in [1.807, 2.05) is 18.3 Å². The van der Waals surface area contributed by atoms with Crippen molar-refractivity contribution in [1.82, 2.24) is 4.98 Å². The number of nitrogens with one attached hydrogen (secondary N) is 1. The molecule has 4 aromatic rings. The van der Waals surface area contributed by atoms with Crippen molar-refractivity contribution >= 4 is 10.9 Å². The SMILES string of the molecule is c1ccc2[nH]ccc2c1.c1ccc2c(c1)Cc1ccccc1C2. The zero-order valence-electron chi connectivity index (χ0n) is 13.0. The summed E-state index contributed by atoms with van der Waals surface area (Å²) in [6.07, 6.45) is 4.16. The Morgan fingerprint density at radius 2 is 1.00 bits per heavy atom. The summed E-state index contributed by atoms with van der Waals surface area (Å²) in [5, 5.41) is 1.28. The van der Waals surface area contributed by atoms with Gasteiger partial charge in [0.1, 0.15) is 0 Å². The quantitative estimate of drug-likeness (QED) is 0.396. The molecule has 0 radical (unpaired) electrons. The summed E-state index contributed by atoms with van der Waals surface area (Å²) in [6, 6.07) is 27.8. The number of H-pyrrole nitrogens is 1. The van der Waals surface area contributed by atoms with Crippen LogP contribution in [0.25, 0.3) is 10.9 Å². The Morgan fingerprint density at radius 3 is 1.52 bits per heavy atom. The lowest BCUT2D eigenvalue weighted by molar-refractivity contribution is 1.00. The lowest BCUT2D eigenvalue weighted by Crippen LogP contribution is -2.06. The molecule has 0 unspecified atom stereocenters. The third-order valence-corrected chi connectivity index (χ3v) is 4.46. The first-order valence-corrected chi connectivity index (χ1v) is 8.06. The van der Waals surface area contributed by atoms with Gasteiger partial charge in [0.2, 0.25) is 0 Å². The Kier molecular flexibility index (Phi) is 3.69. The highest BCUT2D eigenvalue weighted by atomic mass is 14.7. The summed E-state index contributed by atoms with van der Waals surface area (Å²) in [5.41, 5.74) is 7.17. The zero-order chi connectivity index (χ0) is 15.5. The molecule has 112 valence electrons. The lowest BCUT2D eigenvalue weighted by atomic mass is 9.86. The Bertz CT molecular complexity index is 816. The standard InChI is InChI=1S/C14H12.C8H7N/c1-2-6-12-10-14-8-4-3-7-13(14)9-11(12)5-1;1-2-4-8-7(3-1)5-6-9-8/h1-8H,9-10H2;1-6,9H. The molecule has 0 saturated carbocycles. The van der Waals surface area contributed by atoms with E-state index in [4.69, 9.17) is 0 Å². The summed E-state index contributed by atoms with van der Waals surface area (Å²) in [7, 11) is 0. The minimum Gasteiger partial charge on any atom is -0.361 e. The average Bonchev–Trinajstić information content (AvgIpc) is 3.09. The zero-order valence-corrected chi connectivity index (χ0v) is 13.0. The number of hydrogen-bond acceptors (Lipinski definition) is 0. The third kappa shape index (κ3) is 2.91. The number of rotatable bonds is 0. The molecule has 1 heteroatoms. The predicted octanol–water partition coefficient (Wildman–Crippen LogP) is 5.35. The van der Waals surface area contributed by atoms with Gasteiger partial charge in [-0.2, -0.15) is 0 Å². The number of benzene rings is 3. The second-order valence-corrected chi connectivity index (χ2v) is 5.96. The van der Waals surface area contributed by atoms with E-state index in [1.165, 1.54) is 33.2 Å². The maximum Gasteiger partial charge on any atom is 0.0453 e. The van der Waals surface area contributed by atoms with Crippen LogP contribution in [-0.2, 0) is 12.8 Å². The molecule has 1 aliphatic carbocycles. The van der Waals surface area contributed by atoms with Crippen LogP contribution in [0.15, 0.2) is 85.1 Å². The van der Waals surface area contributed by atoms with Crippen LogP contribution in [0.4, 0.5) is 0 Å². The molecular formula is C22H19N. The van der Waals surface area contributed by atoms with Crippen molar-refractivity contribution in [2.45, 2.75) is 12.8 Å². The second kappa shape index (κ2) is 6.13. The first kappa shape index (κ1) is 13.8. The van der Waals surface area contributed by atoms with Crippen molar-refractivity contribution in [1.29, 1.82) is 0 Å². The van der Waals surface area contributed by atoms with Gasteiger partial charge in [-0.1, -0.05) is 66.7 Å². The monoisotopic (exact) mass is 297 g/mol. The lowest BCUT2D eigenvalue weighted by Gasteiger charge is -2.18. The van der Waals surface area contributed by atoms with Crippen molar-refractivity contribution in [3.8, 4) is 0 Å². The molecule has 0 atom stereocenters. The van der Waals surface area contributed by atoms with E-state index >= 15 is 0 Å². The first-order chi connectivity index (χ1) is 11.4.